The van der Waals surface area contributed by atoms with E-state index in [1.165, 1.54) is 13.8 Å². The zero-order valence-corrected chi connectivity index (χ0v) is 10.1. The Morgan fingerprint density at radius 1 is 1.15 bits per heavy atom. The average molecular weight is 249 g/mol. The Hall–Kier alpha value is 0.190. The molecule has 7 heteroatoms. The van der Waals surface area contributed by atoms with Crippen LogP contribution in [0.2, 0.25) is 0 Å². The van der Waals surface area contributed by atoms with E-state index in [1.54, 1.807) is 0 Å². The molecule has 0 aliphatic rings. The molecular formula is C6H13ClO4S2. The van der Waals surface area contributed by atoms with Gasteiger partial charge in [-0.25, -0.2) is 16.8 Å². The van der Waals surface area contributed by atoms with Crippen molar-refractivity contribution in [3.63, 3.8) is 0 Å². The van der Waals surface area contributed by atoms with Crippen LogP contribution in [0.15, 0.2) is 0 Å². The van der Waals surface area contributed by atoms with Crippen LogP contribution in [0.25, 0.3) is 0 Å². The van der Waals surface area contributed by atoms with Crippen LogP contribution in [0, 0.1) is 0 Å². The quantitative estimate of drug-likeness (QED) is 0.689. The van der Waals surface area contributed by atoms with Gasteiger partial charge in [0.05, 0.1) is 10.5 Å². The van der Waals surface area contributed by atoms with E-state index in [-0.39, 0.29) is 12.2 Å². The highest BCUT2D eigenvalue weighted by molar-refractivity contribution is 8.13. The predicted octanol–water partition coefficient (Wildman–Crippen LogP) is 0.768. The van der Waals surface area contributed by atoms with E-state index in [9.17, 15) is 16.8 Å². The van der Waals surface area contributed by atoms with Crippen LogP contribution in [0.4, 0.5) is 0 Å². The Labute approximate surface area is 83.6 Å². The van der Waals surface area contributed by atoms with Gasteiger partial charge in [0.2, 0.25) is 9.05 Å². The van der Waals surface area contributed by atoms with Crippen molar-refractivity contribution >= 4 is 29.6 Å². The van der Waals surface area contributed by atoms with Crippen LogP contribution in [0.1, 0.15) is 20.3 Å². The fraction of sp³-hybridized carbons (Fsp3) is 1.00. The zero-order valence-electron chi connectivity index (χ0n) is 7.74. The molecule has 0 aliphatic carbocycles. The SMILES string of the molecule is CC(C)(CCS(=O)(=O)Cl)S(C)(=O)=O. The van der Waals surface area contributed by atoms with E-state index in [1.807, 2.05) is 0 Å². The maximum atomic E-state index is 11.1. The number of hydrogen-bond acceptors (Lipinski definition) is 4. The lowest BCUT2D eigenvalue weighted by molar-refractivity contribution is 0.541. The summed E-state index contributed by atoms with van der Waals surface area (Å²) in [5.74, 6) is -0.325. The monoisotopic (exact) mass is 248 g/mol. The molecule has 0 rings (SSSR count). The number of rotatable bonds is 4. The van der Waals surface area contributed by atoms with E-state index in [2.05, 4.69) is 0 Å². The molecule has 0 N–H and O–H groups in total. The van der Waals surface area contributed by atoms with Crippen LogP contribution < -0.4 is 0 Å². The van der Waals surface area contributed by atoms with Gasteiger partial charge in [-0.2, -0.15) is 0 Å². The molecular weight excluding hydrogens is 236 g/mol. The van der Waals surface area contributed by atoms with Gasteiger partial charge in [-0.3, -0.25) is 0 Å². The molecule has 0 aromatic heterocycles. The first kappa shape index (κ1) is 13.2. The lowest BCUT2D eigenvalue weighted by Gasteiger charge is -2.21. The second kappa shape index (κ2) is 3.74. The van der Waals surface area contributed by atoms with Crippen molar-refractivity contribution in [2.75, 3.05) is 12.0 Å². The van der Waals surface area contributed by atoms with Gasteiger partial charge < -0.3 is 0 Å². The molecule has 80 valence electrons. The summed E-state index contributed by atoms with van der Waals surface area (Å²) < 4.78 is 42.4. The van der Waals surface area contributed by atoms with Gasteiger partial charge in [0.15, 0.2) is 9.84 Å². The molecule has 0 bridgehead atoms. The Morgan fingerprint density at radius 3 is 1.77 bits per heavy atom. The van der Waals surface area contributed by atoms with Crippen LogP contribution in [-0.2, 0) is 18.9 Å². The fourth-order valence-electron chi connectivity index (χ4n) is 0.553. The maximum Gasteiger partial charge on any atom is 0.232 e. The highest BCUT2D eigenvalue weighted by Gasteiger charge is 2.31. The summed E-state index contributed by atoms with van der Waals surface area (Å²) >= 11 is 0. The molecule has 0 saturated carbocycles. The van der Waals surface area contributed by atoms with Crippen LogP contribution in [0.5, 0.6) is 0 Å². The molecule has 0 amide bonds. The van der Waals surface area contributed by atoms with Crippen molar-refractivity contribution in [3.8, 4) is 0 Å². The lowest BCUT2D eigenvalue weighted by atomic mass is 10.1. The van der Waals surface area contributed by atoms with E-state index < -0.39 is 23.6 Å². The molecule has 0 radical (unpaired) electrons. The molecule has 0 spiro atoms. The first-order valence-electron chi connectivity index (χ1n) is 3.58. The first-order chi connectivity index (χ1) is 5.46. The topological polar surface area (TPSA) is 68.3 Å². The molecule has 13 heavy (non-hydrogen) atoms. The zero-order chi connectivity index (χ0) is 10.9. The van der Waals surface area contributed by atoms with Crippen LogP contribution in [-0.4, -0.2) is 33.6 Å². The van der Waals surface area contributed by atoms with Crippen molar-refractivity contribution in [2.45, 2.75) is 25.0 Å². The normalized spacial score (nSPS) is 14.5. The van der Waals surface area contributed by atoms with Crippen molar-refractivity contribution in [1.29, 1.82) is 0 Å². The summed E-state index contributed by atoms with van der Waals surface area (Å²) in [6.45, 7) is 2.95. The van der Waals surface area contributed by atoms with Gasteiger partial charge >= 0.3 is 0 Å². The fourth-order valence-corrected chi connectivity index (χ4v) is 2.14. The number of halogens is 1. The average Bonchev–Trinajstić information content (AvgIpc) is 1.79. The molecule has 0 aromatic rings. The van der Waals surface area contributed by atoms with Crippen LogP contribution in [0.3, 0.4) is 0 Å². The third-order valence-corrected chi connectivity index (χ3v) is 5.32. The minimum absolute atomic E-state index is 0.0116. The Morgan fingerprint density at radius 2 is 1.54 bits per heavy atom. The molecule has 0 heterocycles. The molecule has 0 aliphatic heterocycles. The highest BCUT2D eigenvalue weighted by Crippen LogP contribution is 2.21. The Bertz CT molecular complexity index is 365. The molecule has 0 unspecified atom stereocenters. The molecule has 0 aromatic carbocycles. The first-order valence-corrected chi connectivity index (χ1v) is 7.95. The highest BCUT2D eigenvalue weighted by atomic mass is 35.7. The summed E-state index contributed by atoms with van der Waals surface area (Å²) in [6, 6.07) is 0. The minimum Gasteiger partial charge on any atom is -0.229 e. The largest absolute Gasteiger partial charge is 0.232 e. The van der Waals surface area contributed by atoms with Gasteiger partial charge in [-0.1, -0.05) is 0 Å². The van der Waals surface area contributed by atoms with Crippen molar-refractivity contribution < 1.29 is 16.8 Å². The van der Waals surface area contributed by atoms with E-state index in [0.29, 0.717) is 0 Å². The predicted molar refractivity (Wildman–Crippen MR) is 53.2 cm³/mol. The Kier molecular flexibility index (Phi) is 3.80. The van der Waals surface area contributed by atoms with Crippen molar-refractivity contribution in [1.82, 2.24) is 0 Å². The minimum atomic E-state index is -3.61. The second-order valence-electron chi connectivity index (χ2n) is 3.52. The number of hydrogen-bond donors (Lipinski definition) is 0. The second-order valence-corrected chi connectivity index (χ2v) is 9.07. The van der Waals surface area contributed by atoms with Crippen LogP contribution >= 0.6 is 10.7 Å². The van der Waals surface area contributed by atoms with Gasteiger partial charge in [0.1, 0.15) is 0 Å². The van der Waals surface area contributed by atoms with Gasteiger partial charge in [-0.15, -0.1) is 0 Å². The molecule has 0 fully saturated rings. The van der Waals surface area contributed by atoms with E-state index in [0.717, 1.165) is 6.26 Å². The Balaban J connectivity index is 4.57. The van der Waals surface area contributed by atoms with Gasteiger partial charge in [0.25, 0.3) is 0 Å². The van der Waals surface area contributed by atoms with Gasteiger partial charge in [0, 0.05) is 16.9 Å². The summed E-state index contributed by atoms with van der Waals surface area (Å²) in [5, 5.41) is 0. The summed E-state index contributed by atoms with van der Waals surface area (Å²) in [5.41, 5.74) is 0. The third-order valence-electron chi connectivity index (χ3n) is 1.95. The summed E-state index contributed by atoms with van der Waals surface area (Å²) in [4.78, 5) is 0. The standard InChI is InChI=1S/C6H13ClO4S2/c1-6(2,12(3,8)9)4-5-13(7,10)11/h4-5H2,1-3H3. The lowest BCUT2D eigenvalue weighted by Crippen LogP contribution is -2.32. The summed E-state index contributed by atoms with van der Waals surface area (Å²) in [7, 11) is -1.89. The van der Waals surface area contributed by atoms with E-state index >= 15 is 0 Å². The molecule has 4 nitrogen and oxygen atoms in total. The molecule has 0 saturated heterocycles. The summed E-state index contributed by atoms with van der Waals surface area (Å²) in [6.07, 6.45) is 1.09. The van der Waals surface area contributed by atoms with E-state index in [4.69, 9.17) is 10.7 Å². The number of sulfone groups is 1. The smallest absolute Gasteiger partial charge is 0.229 e. The van der Waals surface area contributed by atoms with Crippen molar-refractivity contribution in [2.24, 2.45) is 0 Å². The maximum absolute atomic E-state index is 11.1. The van der Waals surface area contributed by atoms with Crippen molar-refractivity contribution in [3.05, 3.63) is 0 Å². The third kappa shape index (κ3) is 4.83. The molecule has 0 atom stereocenters. The van der Waals surface area contributed by atoms with Gasteiger partial charge in [-0.05, 0) is 20.3 Å².